The largest absolute Gasteiger partial charge is 0.335 e. The molecule has 1 heterocycles. The van der Waals surface area contributed by atoms with E-state index in [0.29, 0.717) is 0 Å². The topological polar surface area (TPSA) is 20.3 Å². The van der Waals surface area contributed by atoms with Crippen LogP contribution in [0.4, 0.5) is 0 Å². The predicted octanol–water partition coefficient (Wildman–Crippen LogP) is 3.93. The molecule has 0 radical (unpaired) electrons. The first-order valence-electron chi connectivity index (χ1n) is 6.94. The van der Waals surface area contributed by atoms with E-state index in [4.69, 9.17) is 0 Å². The number of rotatable bonds is 2. The lowest BCUT2D eigenvalue weighted by atomic mass is 10.2. The molecule has 2 atom stereocenters. The van der Waals surface area contributed by atoms with Gasteiger partial charge < -0.3 is 4.90 Å². The van der Waals surface area contributed by atoms with Crippen molar-refractivity contribution in [1.82, 2.24) is 4.90 Å². The molecule has 1 aliphatic carbocycles. The molecule has 1 aliphatic heterocycles. The summed E-state index contributed by atoms with van der Waals surface area (Å²) in [5, 5.41) is 0.247. The molecule has 1 aromatic rings. The van der Waals surface area contributed by atoms with E-state index in [1.807, 2.05) is 24.3 Å². The molecule has 1 amide bonds. The average molecular weight is 338 g/mol. The molecule has 0 N–H and O–H groups in total. The van der Waals surface area contributed by atoms with Crippen molar-refractivity contribution >= 4 is 29.9 Å². The fourth-order valence-electron chi connectivity index (χ4n) is 3.83. The Balaban J connectivity index is 1.90. The molecule has 3 rings (SSSR count). The number of halogens is 1. The normalized spacial score (nSPS) is 29.3. The average Bonchev–Trinajstić information content (AvgIpc) is 2.97. The molecule has 0 spiro atoms. The second kappa shape index (κ2) is 4.19. The van der Waals surface area contributed by atoms with Gasteiger partial charge in [0.15, 0.2) is 0 Å². The number of likely N-dealkylation sites (tertiary alicyclic amines) is 1. The summed E-state index contributed by atoms with van der Waals surface area (Å²) in [6.45, 7) is 8.16. The fourth-order valence-corrected chi connectivity index (χ4v) is 7.34. The van der Waals surface area contributed by atoms with Crippen LogP contribution in [0, 0.1) is 5.92 Å². The van der Waals surface area contributed by atoms with Crippen molar-refractivity contribution in [3.63, 3.8) is 0 Å². The summed E-state index contributed by atoms with van der Waals surface area (Å²) in [5.41, 5.74) is 0.827. The Bertz CT molecular complexity index is 522. The van der Waals surface area contributed by atoms with Gasteiger partial charge in [0, 0.05) is 21.7 Å². The lowest BCUT2D eigenvalue weighted by molar-refractivity contribution is 0.0741. The number of fused-ring (bicyclic) bond motifs is 1. The number of amides is 1. The summed E-state index contributed by atoms with van der Waals surface area (Å²) in [5.74, 6) is 1.01. The van der Waals surface area contributed by atoms with E-state index < -0.39 is 8.07 Å². The Morgan fingerprint density at radius 2 is 1.95 bits per heavy atom. The Kier molecular flexibility index (Phi) is 2.95. The SMILES string of the molecule is C[Si](C)(C)[C@]12C[C@@H]1CCN2C(=O)c1ccc(Br)cc1. The molecule has 0 bridgehead atoms. The number of nitrogens with zero attached hydrogens (tertiary/aromatic N) is 1. The monoisotopic (exact) mass is 337 g/mol. The van der Waals surface area contributed by atoms with E-state index in [9.17, 15) is 4.79 Å². The van der Waals surface area contributed by atoms with Gasteiger partial charge in [-0.15, -0.1) is 0 Å². The molecule has 1 aromatic carbocycles. The van der Waals surface area contributed by atoms with Crippen molar-refractivity contribution in [2.75, 3.05) is 6.54 Å². The van der Waals surface area contributed by atoms with Gasteiger partial charge in [-0.05, 0) is 43.0 Å². The lowest BCUT2D eigenvalue weighted by Gasteiger charge is -2.37. The molecule has 0 aromatic heterocycles. The maximum absolute atomic E-state index is 12.8. The van der Waals surface area contributed by atoms with Crippen LogP contribution in [0.25, 0.3) is 0 Å². The van der Waals surface area contributed by atoms with Crippen molar-refractivity contribution in [3.05, 3.63) is 34.3 Å². The van der Waals surface area contributed by atoms with Crippen molar-refractivity contribution in [2.45, 2.75) is 37.6 Å². The van der Waals surface area contributed by atoms with E-state index in [1.54, 1.807) is 0 Å². The Morgan fingerprint density at radius 1 is 1.32 bits per heavy atom. The summed E-state index contributed by atoms with van der Waals surface area (Å²) in [6.07, 6.45) is 2.44. The van der Waals surface area contributed by atoms with Gasteiger partial charge in [0.25, 0.3) is 5.91 Å². The third-order valence-corrected chi connectivity index (χ3v) is 8.90. The van der Waals surface area contributed by atoms with Crippen LogP contribution >= 0.6 is 15.9 Å². The molecule has 102 valence electrons. The number of hydrogen-bond donors (Lipinski definition) is 0. The molecule has 19 heavy (non-hydrogen) atoms. The first-order valence-corrected chi connectivity index (χ1v) is 11.2. The molecule has 4 heteroatoms. The first-order chi connectivity index (χ1) is 8.86. The van der Waals surface area contributed by atoms with Crippen molar-refractivity contribution in [1.29, 1.82) is 0 Å². The summed E-state index contributed by atoms with van der Waals surface area (Å²) >= 11 is 3.42. The van der Waals surface area contributed by atoms with E-state index in [1.165, 1.54) is 12.8 Å². The second-order valence-electron chi connectivity index (χ2n) is 6.83. The lowest BCUT2D eigenvalue weighted by Crippen LogP contribution is -2.54. The highest BCUT2D eigenvalue weighted by atomic mass is 79.9. The van der Waals surface area contributed by atoms with E-state index in [2.05, 4.69) is 40.5 Å². The third-order valence-electron chi connectivity index (χ3n) is 4.89. The van der Waals surface area contributed by atoms with Crippen molar-refractivity contribution < 1.29 is 4.79 Å². The summed E-state index contributed by atoms with van der Waals surface area (Å²) in [4.78, 5) is 15.0. The summed E-state index contributed by atoms with van der Waals surface area (Å²) in [7, 11) is -1.35. The van der Waals surface area contributed by atoms with Crippen LogP contribution < -0.4 is 0 Å². The van der Waals surface area contributed by atoms with Gasteiger partial charge in [-0.25, -0.2) is 0 Å². The maximum Gasteiger partial charge on any atom is 0.254 e. The van der Waals surface area contributed by atoms with Crippen molar-refractivity contribution in [2.24, 2.45) is 5.92 Å². The van der Waals surface area contributed by atoms with Crippen molar-refractivity contribution in [3.8, 4) is 0 Å². The zero-order valence-electron chi connectivity index (χ0n) is 11.7. The first kappa shape index (κ1) is 13.4. The fraction of sp³-hybridized carbons (Fsp3) is 0.533. The minimum atomic E-state index is -1.35. The minimum Gasteiger partial charge on any atom is -0.335 e. The van der Waals surface area contributed by atoms with Gasteiger partial charge in [0.05, 0.1) is 8.07 Å². The van der Waals surface area contributed by atoms with Gasteiger partial charge >= 0.3 is 0 Å². The minimum absolute atomic E-state index is 0.231. The molecular formula is C15H20BrNOSi. The van der Waals surface area contributed by atoms with Crippen LogP contribution in [0.1, 0.15) is 23.2 Å². The molecular weight excluding hydrogens is 318 g/mol. The zero-order valence-corrected chi connectivity index (χ0v) is 14.3. The highest BCUT2D eigenvalue weighted by Crippen LogP contribution is 2.60. The van der Waals surface area contributed by atoms with Crippen LogP contribution in [-0.2, 0) is 0 Å². The predicted molar refractivity (Wildman–Crippen MR) is 84.0 cm³/mol. The van der Waals surface area contributed by atoms with Crippen LogP contribution in [-0.4, -0.2) is 30.6 Å². The van der Waals surface area contributed by atoms with Crippen LogP contribution in [0.2, 0.25) is 19.6 Å². The highest BCUT2D eigenvalue weighted by molar-refractivity contribution is 9.10. The standard InChI is InChI=1S/C15H20BrNOSi/c1-19(2,3)15-10-12(15)8-9-17(15)14(18)11-4-6-13(16)7-5-11/h4-7,12H,8-10H2,1-3H3/t12-,15+/m0/s1. The molecule has 1 saturated heterocycles. The van der Waals surface area contributed by atoms with E-state index in [-0.39, 0.29) is 11.1 Å². The smallest absolute Gasteiger partial charge is 0.254 e. The zero-order chi connectivity index (χ0) is 13.8. The third kappa shape index (κ3) is 1.91. The van der Waals surface area contributed by atoms with Gasteiger partial charge in [-0.3, -0.25) is 4.79 Å². The Labute approximate surface area is 124 Å². The van der Waals surface area contributed by atoms with Gasteiger partial charge in [-0.1, -0.05) is 35.6 Å². The number of carbonyl (C=O) groups is 1. The molecule has 0 unspecified atom stereocenters. The van der Waals surface area contributed by atoms with Crippen LogP contribution in [0.15, 0.2) is 28.7 Å². The molecule has 2 nitrogen and oxygen atoms in total. The molecule has 2 fully saturated rings. The number of hydrogen-bond acceptors (Lipinski definition) is 1. The second-order valence-corrected chi connectivity index (χ2v) is 13.1. The quantitative estimate of drug-likeness (QED) is 0.748. The van der Waals surface area contributed by atoms with Crippen LogP contribution in [0.5, 0.6) is 0 Å². The van der Waals surface area contributed by atoms with E-state index in [0.717, 1.165) is 22.5 Å². The van der Waals surface area contributed by atoms with Gasteiger partial charge in [0.1, 0.15) is 0 Å². The Hall–Kier alpha value is -0.613. The summed E-state index contributed by atoms with van der Waals surface area (Å²) < 4.78 is 1.02. The van der Waals surface area contributed by atoms with Gasteiger partial charge in [0.2, 0.25) is 0 Å². The maximum atomic E-state index is 12.8. The number of benzene rings is 1. The van der Waals surface area contributed by atoms with E-state index >= 15 is 0 Å². The number of piperidine rings is 1. The highest BCUT2D eigenvalue weighted by Gasteiger charge is 2.69. The van der Waals surface area contributed by atoms with Gasteiger partial charge in [-0.2, -0.15) is 0 Å². The van der Waals surface area contributed by atoms with Crippen LogP contribution in [0.3, 0.4) is 0 Å². The molecule has 1 saturated carbocycles. The summed E-state index contributed by atoms with van der Waals surface area (Å²) in [6, 6.07) is 7.77. The Morgan fingerprint density at radius 3 is 2.47 bits per heavy atom. The molecule has 2 aliphatic rings. The number of carbonyl (C=O) groups excluding carboxylic acids is 1.